The van der Waals surface area contributed by atoms with Gasteiger partial charge < -0.3 is 10.6 Å². The molecule has 0 spiro atoms. The molecule has 0 saturated carbocycles. The third-order valence-electron chi connectivity index (χ3n) is 4.43. The van der Waals surface area contributed by atoms with Crippen molar-refractivity contribution in [2.24, 2.45) is 5.73 Å². The van der Waals surface area contributed by atoms with E-state index >= 15 is 0 Å². The lowest BCUT2D eigenvalue weighted by Gasteiger charge is -2.39. The molecule has 2 N–H and O–H groups in total. The second-order valence-electron chi connectivity index (χ2n) is 5.93. The van der Waals surface area contributed by atoms with Crippen LogP contribution in [0.25, 0.3) is 0 Å². The molecule has 2 rings (SSSR count). The van der Waals surface area contributed by atoms with Crippen molar-refractivity contribution in [3.8, 4) is 0 Å². The van der Waals surface area contributed by atoms with Gasteiger partial charge >= 0.3 is 0 Å². The molecule has 1 atom stereocenters. The molecular formula is C16H30N4S. The van der Waals surface area contributed by atoms with Gasteiger partial charge in [-0.1, -0.05) is 39.0 Å². The summed E-state index contributed by atoms with van der Waals surface area (Å²) >= 11 is 1.74. The first-order valence-electron chi connectivity index (χ1n) is 8.43. The molecule has 0 aliphatic carbocycles. The molecule has 1 aromatic rings. The van der Waals surface area contributed by atoms with Crippen molar-refractivity contribution in [3.05, 3.63) is 11.6 Å². The normalized spacial score (nSPS) is 18.1. The summed E-state index contributed by atoms with van der Waals surface area (Å²) in [5.41, 5.74) is 6.01. The second-order valence-corrected chi connectivity index (χ2v) is 6.80. The zero-order chi connectivity index (χ0) is 14.9. The van der Waals surface area contributed by atoms with E-state index in [-0.39, 0.29) is 0 Å². The van der Waals surface area contributed by atoms with Crippen LogP contribution in [0.15, 0.2) is 11.6 Å². The lowest BCUT2D eigenvalue weighted by Crippen LogP contribution is -2.52. The van der Waals surface area contributed by atoms with Gasteiger partial charge in [0.2, 0.25) is 0 Å². The van der Waals surface area contributed by atoms with E-state index in [0.717, 1.165) is 32.7 Å². The molecule has 1 aromatic heterocycles. The number of rotatable bonds is 9. The summed E-state index contributed by atoms with van der Waals surface area (Å²) in [4.78, 5) is 9.40. The van der Waals surface area contributed by atoms with Gasteiger partial charge in [0.15, 0.2) is 5.13 Å². The minimum Gasteiger partial charge on any atom is -0.346 e. The van der Waals surface area contributed by atoms with Gasteiger partial charge in [-0.25, -0.2) is 4.98 Å². The SMILES string of the molecule is CCCCCCCC(CN)N1CCN(c2nccs2)CC1. The molecule has 21 heavy (non-hydrogen) atoms. The molecule has 0 amide bonds. The average molecular weight is 311 g/mol. The van der Waals surface area contributed by atoms with E-state index in [1.54, 1.807) is 11.3 Å². The number of thiazole rings is 1. The number of unbranched alkanes of at least 4 members (excludes halogenated alkanes) is 4. The van der Waals surface area contributed by atoms with Gasteiger partial charge in [-0.3, -0.25) is 4.90 Å². The molecule has 120 valence electrons. The van der Waals surface area contributed by atoms with E-state index in [1.807, 2.05) is 6.20 Å². The maximum absolute atomic E-state index is 6.01. The van der Waals surface area contributed by atoms with E-state index in [9.17, 15) is 0 Å². The van der Waals surface area contributed by atoms with Crippen LogP contribution in [0.5, 0.6) is 0 Å². The van der Waals surface area contributed by atoms with Gasteiger partial charge in [0.05, 0.1) is 0 Å². The van der Waals surface area contributed by atoms with Crippen LogP contribution in [0.4, 0.5) is 5.13 Å². The third kappa shape index (κ3) is 5.24. The van der Waals surface area contributed by atoms with Crippen LogP contribution in [0.1, 0.15) is 45.4 Å². The van der Waals surface area contributed by atoms with E-state index in [4.69, 9.17) is 5.73 Å². The van der Waals surface area contributed by atoms with E-state index in [2.05, 4.69) is 27.1 Å². The Hall–Kier alpha value is -0.650. The molecule has 1 unspecified atom stereocenters. The van der Waals surface area contributed by atoms with Gasteiger partial charge in [0.25, 0.3) is 0 Å². The number of aromatic nitrogens is 1. The Morgan fingerprint density at radius 3 is 2.57 bits per heavy atom. The zero-order valence-corrected chi connectivity index (χ0v) is 14.2. The number of nitrogens with zero attached hydrogens (tertiary/aromatic N) is 3. The summed E-state index contributed by atoms with van der Waals surface area (Å²) in [6, 6.07) is 0.574. The predicted molar refractivity (Wildman–Crippen MR) is 92.1 cm³/mol. The highest BCUT2D eigenvalue weighted by Gasteiger charge is 2.23. The Labute approximate surface area is 133 Å². The van der Waals surface area contributed by atoms with Crippen molar-refractivity contribution in [1.82, 2.24) is 9.88 Å². The molecule has 0 bridgehead atoms. The largest absolute Gasteiger partial charge is 0.346 e. The quantitative estimate of drug-likeness (QED) is 0.712. The Morgan fingerprint density at radius 1 is 1.19 bits per heavy atom. The van der Waals surface area contributed by atoms with Crippen LogP contribution in [0.2, 0.25) is 0 Å². The van der Waals surface area contributed by atoms with Gasteiger partial charge in [-0.15, -0.1) is 11.3 Å². The summed E-state index contributed by atoms with van der Waals surface area (Å²) < 4.78 is 0. The molecule has 1 aliphatic heterocycles. The third-order valence-corrected chi connectivity index (χ3v) is 5.27. The molecule has 1 fully saturated rings. The molecule has 5 heteroatoms. The fourth-order valence-corrected chi connectivity index (χ4v) is 3.78. The van der Waals surface area contributed by atoms with Crippen molar-refractivity contribution >= 4 is 16.5 Å². The molecule has 1 aliphatic rings. The molecule has 4 nitrogen and oxygen atoms in total. The number of hydrogen-bond acceptors (Lipinski definition) is 5. The molecule has 2 heterocycles. The highest BCUT2D eigenvalue weighted by atomic mass is 32.1. The number of hydrogen-bond donors (Lipinski definition) is 1. The first-order chi connectivity index (χ1) is 10.3. The lowest BCUT2D eigenvalue weighted by atomic mass is 10.0. The number of nitrogens with two attached hydrogens (primary N) is 1. The van der Waals surface area contributed by atoms with Crippen LogP contribution in [-0.2, 0) is 0 Å². The predicted octanol–water partition coefficient (Wildman–Crippen LogP) is 2.95. The summed E-state index contributed by atoms with van der Waals surface area (Å²) in [7, 11) is 0. The highest BCUT2D eigenvalue weighted by Crippen LogP contribution is 2.20. The van der Waals surface area contributed by atoms with Crippen molar-refractivity contribution in [2.45, 2.75) is 51.5 Å². The minimum atomic E-state index is 0.574. The van der Waals surface area contributed by atoms with Crippen LogP contribution in [0.3, 0.4) is 0 Å². The monoisotopic (exact) mass is 310 g/mol. The fourth-order valence-electron chi connectivity index (χ4n) is 3.08. The van der Waals surface area contributed by atoms with Gasteiger partial charge in [-0.05, 0) is 6.42 Å². The highest BCUT2D eigenvalue weighted by molar-refractivity contribution is 7.13. The first-order valence-corrected chi connectivity index (χ1v) is 9.31. The second kappa shape index (κ2) is 9.38. The summed E-state index contributed by atoms with van der Waals surface area (Å²) in [6.45, 7) is 7.47. The van der Waals surface area contributed by atoms with Crippen LogP contribution in [-0.4, -0.2) is 48.6 Å². The smallest absolute Gasteiger partial charge is 0.185 e. The summed E-state index contributed by atoms with van der Waals surface area (Å²) in [5.74, 6) is 0. The summed E-state index contributed by atoms with van der Waals surface area (Å²) in [5, 5.41) is 3.22. The van der Waals surface area contributed by atoms with Gasteiger partial charge in [0, 0.05) is 50.3 Å². The number of anilines is 1. The van der Waals surface area contributed by atoms with Crippen molar-refractivity contribution in [3.63, 3.8) is 0 Å². The minimum absolute atomic E-state index is 0.574. The van der Waals surface area contributed by atoms with E-state index < -0.39 is 0 Å². The Bertz CT molecular complexity index is 360. The van der Waals surface area contributed by atoms with E-state index in [0.29, 0.717) is 6.04 Å². The van der Waals surface area contributed by atoms with Crippen LogP contribution >= 0.6 is 11.3 Å². The Kier molecular flexibility index (Phi) is 7.47. The van der Waals surface area contributed by atoms with E-state index in [1.165, 1.54) is 43.7 Å². The van der Waals surface area contributed by atoms with Crippen LogP contribution < -0.4 is 10.6 Å². The Balaban J connectivity index is 1.69. The molecular weight excluding hydrogens is 280 g/mol. The lowest BCUT2D eigenvalue weighted by molar-refractivity contribution is 0.177. The molecule has 1 saturated heterocycles. The number of piperazine rings is 1. The summed E-state index contributed by atoms with van der Waals surface area (Å²) in [6.07, 6.45) is 9.92. The standard InChI is InChI=1S/C16H30N4S/c1-2-3-4-5-6-7-15(14-17)19-9-11-20(12-10-19)16-18-8-13-21-16/h8,13,15H,2-7,9-12,14,17H2,1H3. The Morgan fingerprint density at radius 2 is 1.95 bits per heavy atom. The maximum Gasteiger partial charge on any atom is 0.185 e. The van der Waals surface area contributed by atoms with Gasteiger partial charge in [0.1, 0.15) is 0 Å². The zero-order valence-electron chi connectivity index (χ0n) is 13.3. The topological polar surface area (TPSA) is 45.4 Å². The average Bonchev–Trinajstić information content (AvgIpc) is 3.06. The van der Waals surface area contributed by atoms with Crippen molar-refractivity contribution in [2.75, 3.05) is 37.6 Å². The van der Waals surface area contributed by atoms with Crippen molar-refractivity contribution in [1.29, 1.82) is 0 Å². The fraction of sp³-hybridized carbons (Fsp3) is 0.812. The maximum atomic E-state index is 6.01. The molecule has 0 radical (unpaired) electrons. The molecule has 0 aromatic carbocycles. The van der Waals surface area contributed by atoms with Crippen LogP contribution in [0, 0.1) is 0 Å². The first kappa shape index (κ1) is 16.7. The van der Waals surface area contributed by atoms with Gasteiger partial charge in [-0.2, -0.15) is 0 Å². The van der Waals surface area contributed by atoms with Crippen molar-refractivity contribution < 1.29 is 0 Å².